The molecule has 0 radical (unpaired) electrons. The molecule has 1 fully saturated rings. The van der Waals surface area contributed by atoms with Gasteiger partial charge in [0.1, 0.15) is 35.2 Å². The number of nitriles is 2. The first-order valence-electron chi connectivity index (χ1n) is 43.3. The summed E-state index contributed by atoms with van der Waals surface area (Å²) in [5.74, 6) is -2.62. The number of fused-ring (bicyclic) bond motifs is 4. The number of carbonyl (C=O) groups is 10. The lowest BCUT2D eigenvalue weighted by molar-refractivity contribution is -0.179. The largest absolute Gasteiger partial charge is 0.477 e. The van der Waals surface area contributed by atoms with Crippen molar-refractivity contribution in [3.8, 4) is 12.1 Å². The van der Waals surface area contributed by atoms with Crippen LogP contribution in [0.1, 0.15) is 279 Å². The number of amides is 2. The van der Waals surface area contributed by atoms with E-state index in [2.05, 4.69) is 54.0 Å². The maximum absolute atomic E-state index is 12.2. The summed E-state index contributed by atoms with van der Waals surface area (Å²) in [4.78, 5) is 170. The third-order valence-corrected chi connectivity index (χ3v) is 20.6. The topological polar surface area (TPSA) is 553 Å². The summed E-state index contributed by atoms with van der Waals surface area (Å²) in [6, 6.07) is 3.39. The molecule has 42 heteroatoms. The van der Waals surface area contributed by atoms with E-state index in [-0.39, 0.29) is 124 Å². The molecule has 8 aliphatic rings. The number of hydrogen-bond acceptors (Lipinski definition) is 25. The van der Waals surface area contributed by atoms with Gasteiger partial charge in [-0.15, -0.1) is 23.2 Å². The lowest BCUT2D eigenvalue weighted by atomic mass is 9.89. The second-order valence-electron chi connectivity index (χ2n) is 30.8. The first kappa shape index (κ1) is 128. The number of nitrogens with zero attached hydrogens (tertiary/aromatic N) is 9. The number of aliphatic hydroxyl groups is 1. The fourth-order valence-corrected chi connectivity index (χ4v) is 14.5. The van der Waals surface area contributed by atoms with Gasteiger partial charge in [-0.25, -0.2) is 27.7 Å². The van der Waals surface area contributed by atoms with Crippen molar-refractivity contribution in [3.05, 3.63) is 185 Å². The Balaban J connectivity index is -0.00000143. The standard InChI is InChI=1S/C14H16N2O2.C14H18N2O.C14H19NO3.C10H8N2O2.C9H10N2O2.C7H10O4S.C6H7ClO.C6H8O2.C5H13NO2.C3H4N2O.C2H6O.CH2Cl2.CH3ClO2S.CH4.H2O/c1-3-4-8-16-9-11-10(6-5-7-12(11)17)13(15-2)14(16)18;1-3-4-9-16-10-11-7-5-6-8-12(11)13(15-2)14(16)17;1-2-3-8-15-9-10-6-4-5-7-11(10)12(13(15)16)14(17)18;1-11-9-6-3-2-4-8(13)7(6)5-12-10(9)14;10-5-8(9(11)13)6-2-1-3-7(12)4-6;1-12(9,10)11-7-4-2-3-6(8)5-7;2*7-5-2-1-3-6(8)4-5;1-6(2)5(7-3)8-4;4-2-1-3(5)6;1-2-3;2-1-3;1-5(2,3)4;;/h9H,3-8H2,1H3;10H,3-9H2,1H3;9H,2-8H2,1H3,(H,17,18);5H,2-4H2,(H,12,14);4,8H,1-3H2,(H2,11,13);5H,2-4H2,1H3;4H,1-3H2;1-4H2;5H,1-4H3;1H2,(H2,5,6);3H,2H2,1H3;1H2;1H3;1H4;1H2. The van der Waals surface area contributed by atoms with E-state index in [1.807, 2.05) is 38.3 Å². The molecule has 12 rings (SSSR count). The number of nitrogens with one attached hydrogen (secondary N) is 1. The number of unbranched alkanes of at least 4 members (excludes halogenated alkanes) is 3. The summed E-state index contributed by atoms with van der Waals surface area (Å²) < 4.78 is 59.2. The molecule has 746 valence electrons. The molecule has 4 heterocycles. The number of methoxy groups -OCH3 is 2. The quantitative estimate of drug-likeness (QED) is 0.0154. The molecule has 1 unspecified atom stereocenters. The Morgan fingerprint density at radius 2 is 0.963 bits per heavy atom. The average molecular weight is 2010 g/mol. The molecule has 135 heavy (non-hydrogen) atoms. The van der Waals surface area contributed by atoms with Crippen LogP contribution in [-0.4, -0.2) is 174 Å². The number of alkyl halides is 2. The number of aliphatic hydroxyl groups excluding tert-OH is 1. The molecule has 0 aliphatic heterocycles. The summed E-state index contributed by atoms with van der Waals surface area (Å²) in [7, 11) is 4.82. The van der Waals surface area contributed by atoms with Gasteiger partial charge in [0.05, 0.1) is 56.1 Å². The Morgan fingerprint density at radius 1 is 0.570 bits per heavy atom. The van der Waals surface area contributed by atoms with Crippen molar-refractivity contribution in [3.63, 3.8) is 0 Å². The Labute approximate surface area is 810 Å². The van der Waals surface area contributed by atoms with Gasteiger partial charge >= 0.3 is 16.1 Å². The van der Waals surface area contributed by atoms with E-state index in [0.29, 0.717) is 135 Å². The van der Waals surface area contributed by atoms with Crippen molar-refractivity contribution in [2.24, 2.45) is 17.4 Å². The number of carbonyl (C=O) groups excluding carboxylic acids is 9. The first-order chi connectivity index (χ1) is 62.9. The smallest absolute Gasteiger partial charge is 0.341 e. The number of pyridine rings is 4. The second kappa shape index (κ2) is 70.8. The molecular weight excluding hydrogens is 1880 g/mol. The van der Waals surface area contributed by atoms with Crippen LogP contribution in [0.25, 0.3) is 14.5 Å². The van der Waals surface area contributed by atoms with Crippen molar-refractivity contribution >= 4 is 140 Å². The fraction of sp³-hybridized carbons (Fsp3) is 0.559. The highest BCUT2D eigenvalue weighted by atomic mass is 35.7. The molecule has 2 amide bonds. The van der Waals surface area contributed by atoms with E-state index >= 15 is 0 Å². The molecule has 4 aromatic rings. The van der Waals surface area contributed by atoms with E-state index in [4.69, 9.17) is 85.4 Å². The minimum Gasteiger partial charge on any atom is -0.477 e. The van der Waals surface area contributed by atoms with Gasteiger partial charge in [-0.3, -0.25) is 67.2 Å². The van der Waals surface area contributed by atoms with Crippen LogP contribution in [0.3, 0.4) is 0 Å². The van der Waals surface area contributed by atoms with Crippen LogP contribution < -0.4 is 33.7 Å². The number of ether oxygens (including phenoxy) is 2. The lowest BCUT2D eigenvalue weighted by Gasteiger charge is -2.19. The predicted molar refractivity (Wildman–Crippen MR) is 518 cm³/mol. The number of allylic oxidation sites excluding steroid dienone is 5. The minimum atomic E-state index is -3.47. The van der Waals surface area contributed by atoms with Gasteiger partial charge in [-0.2, -0.15) is 18.9 Å². The number of aromatic carboxylic acids is 1. The predicted octanol–water partition coefficient (Wildman–Crippen LogP) is 13.8. The average Bonchev–Trinajstić information content (AvgIpc) is 0.793. The molecule has 0 spiro atoms. The first-order valence-corrected chi connectivity index (χ1v) is 49.3. The van der Waals surface area contributed by atoms with Crippen molar-refractivity contribution in [2.45, 2.75) is 279 Å². The molecule has 1 saturated carbocycles. The number of nitrogens with two attached hydrogens (primary N) is 2. The molecule has 0 bridgehead atoms. The van der Waals surface area contributed by atoms with Crippen molar-refractivity contribution in [1.29, 1.82) is 10.5 Å². The van der Waals surface area contributed by atoms with E-state index in [9.17, 15) is 89.1 Å². The zero-order chi connectivity index (χ0) is 101. The van der Waals surface area contributed by atoms with Gasteiger partial charge in [-0.1, -0.05) is 65.5 Å². The number of hydrogen-bond donors (Lipinski definition) is 5. The Morgan fingerprint density at radius 3 is 1.33 bits per heavy atom. The van der Waals surface area contributed by atoms with Gasteiger partial charge in [0.2, 0.25) is 27.3 Å². The zero-order valence-corrected chi connectivity index (χ0v) is 82.4. The minimum absolute atomic E-state index is 0. The number of aryl methyl sites for hydroxylation is 5. The number of carboxylic acid groups (broad SMARTS) is 1. The number of H-pyrrole nitrogens is 1. The number of halogens is 4. The summed E-state index contributed by atoms with van der Waals surface area (Å²) in [6.45, 7) is 31.3. The second-order valence-corrected chi connectivity index (χ2v) is 36.7. The molecule has 36 nitrogen and oxygen atoms in total. The normalized spacial score (nSPS) is 14.7. The fourth-order valence-electron chi connectivity index (χ4n) is 13.8. The molecular formula is C93H130Cl4N12O24S2. The SMILES string of the molecule is C.CCCCn1cc2c(c(C(=O)O)c1=O)CCCC2.CCO.COC(OC)N(C)C.CS(=O)(=O)Cl.CS(=O)(=O)OC1=CC(=O)CCC1.ClCCl.N#CC(C(N)=O)C1=CC(=O)CCC1.N#CCC(N)=O.O.O=C1C=C(Cl)CCC1.O=C1CCCC(=O)C1.[C-]#[N+]c1c2c(c[nH]c1=O)C(=O)CCC2.[C-]#[N+]c1c2c(cn(CCCC)c1=O)C(=O)CCC2.[C-]#[N+]c1c2c(cn(CCCC)c1=O)CCCC2. The van der Waals surface area contributed by atoms with Crippen LogP contribution in [0.2, 0.25) is 0 Å². The summed E-state index contributed by atoms with van der Waals surface area (Å²) in [6.07, 6.45) is 38.3. The highest BCUT2D eigenvalue weighted by Crippen LogP contribution is 2.31. The van der Waals surface area contributed by atoms with Gasteiger partial charge in [-0.05, 0) is 201 Å². The molecule has 9 N–H and O–H groups in total. The molecule has 4 aromatic heterocycles. The Kier molecular flexibility index (Phi) is 67.3. The highest BCUT2D eigenvalue weighted by Gasteiger charge is 2.28. The molecule has 0 saturated heterocycles. The van der Waals surface area contributed by atoms with Gasteiger partial charge in [0.15, 0.2) is 28.9 Å². The summed E-state index contributed by atoms with van der Waals surface area (Å²) in [5, 5.41) is 34.0. The van der Waals surface area contributed by atoms with Crippen LogP contribution in [0.5, 0.6) is 0 Å². The van der Waals surface area contributed by atoms with Crippen molar-refractivity contribution in [2.75, 3.05) is 52.8 Å². The third-order valence-electron chi connectivity index (χ3n) is 19.8. The Hall–Kier alpha value is -10.8. The molecule has 0 aromatic carbocycles. The summed E-state index contributed by atoms with van der Waals surface area (Å²) in [5.41, 5.74) is 16.1. The molecule has 1 atom stereocenters. The third kappa shape index (κ3) is 51.1. The van der Waals surface area contributed by atoms with Crippen LogP contribution >= 0.6 is 45.5 Å². The van der Waals surface area contributed by atoms with Crippen LogP contribution in [0.4, 0.5) is 17.1 Å². The molecule has 8 aliphatic carbocycles. The zero-order valence-electron chi connectivity index (χ0n) is 77.7. The van der Waals surface area contributed by atoms with E-state index < -0.39 is 48.4 Å². The monoisotopic (exact) mass is 2000 g/mol. The van der Waals surface area contributed by atoms with Crippen LogP contribution in [-0.2, 0) is 125 Å². The number of aromatic nitrogens is 4. The maximum Gasteiger partial charge on any atom is 0.341 e. The van der Waals surface area contributed by atoms with Crippen molar-refractivity contribution < 1.29 is 94.1 Å². The van der Waals surface area contributed by atoms with Crippen LogP contribution in [0, 0.1) is 48.3 Å². The van der Waals surface area contributed by atoms with E-state index in [0.717, 1.165) is 151 Å². The van der Waals surface area contributed by atoms with E-state index in [1.165, 1.54) is 41.0 Å². The Bertz CT molecular complexity index is 5420. The maximum atomic E-state index is 12.2. The van der Waals surface area contributed by atoms with E-state index in [1.54, 1.807) is 48.6 Å². The lowest BCUT2D eigenvalue weighted by Crippen LogP contribution is -2.30. The number of carboxylic acids is 1. The summed E-state index contributed by atoms with van der Waals surface area (Å²) >= 11 is 15.1. The number of primary amides is 2. The number of rotatable bonds is 18. The van der Waals surface area contributed by atoms with Crippen molar-refractivity contribution in [1.82, 2.24) is 23.6 Å². The highest BCUT2D eigenvalue weighted by molar-refractivity contribution is 8.13. The van der Waals surface area contributed by atoms with Gasteiger partial charge in [0, 0.05) is 150 Å². The van der Waals surface area contributed by atoms with Crippen LogP contribution in [0.15, 0.2) is 78.6 Å². The number of aromatic amines is 1. The van der Waals surface area contributed by atoms with Gasteiger partial charge in [0.25, 0.3) is 39.3 Å². The number of ketones is 7. The van der Waals surface area contributed by atoms with Gasteiger partial charge < -0.3 is 59.5 Å². The number of Topliss-reactive ketones (excluding diaryl/α,β-unsaturated/α-hetero) is 4.